The molecule has 0 fully saturated rings. The van der Waals surface area contributed by atoms with E-state index in [9.17, 15) is 0 Å². The molecule has 3 rings (SSSR count). The van der Waals surface area contributed by atoms with E-state index in [-0.39, 0.29) is 6.04 Å². The quantitative estimate of drug-likeness (QED) is 0.915. The Balaban J connectivity index is 1.89. The van der Waals surface area contributed by atoms with E-state index in [4.69, 9.17) is 4.74 Å². The van der Waals surface area contributed by atoms with E-state index in [0.29, 0.717) is 19.2 Å². The number of para-hydroxylation sites is 1. The van der Waals surface area contributed by atoms with E-state index in [0.717, 1.165) is 23.6 Å². The zero-order valence-electron chi connectivity index (χ0n) is 11.8. The molecule has 1 N–H and O–H groups in total. The van der Waals surface area contributed by atoms with E-state index in [2.05, 4.69) is 40.8 Å². The summed E-state index contributed by atoms with van der Waals surface area (Å²) in [5.41, 5.74) is 1.15. The highest BCUT2D eigenvalue weighted by molar-refractivity contribution is 5.37. The van der Waals surface area contributed by atoms with E-state index >= 15 is 0 Å². The monoisotopic (exact) mass is 273 g/mol. The standard InChI is InChI=1S/C14H19N5O/c1-10(2)15-9-14-16-17-18-19(14)12-7-8-20-13-6-4-3-5-11(12)13/h3-6,10,12,15H,7-9H2,1-2H3. The molecule has 20 heavy (non-hydrogen) atoms. The Morgan fingerprint density at radius 2 is 2.25 bits per heavy atom. The second-order valence-electron chi connectivity index (χ2n) is 5.27. The molecule has 1 atom stereocenters. The van der Waals surface area contributed by atoms with Crippen molar-refractivity contribution in [1.29, 1.82) is 0 Å². The number of benzene rings is 1. The van der Waals surface area contributed by atoms with Crippen LogP contribution in [0.3, 0.4) is 0 Å². The minimum atomic E-state index is 0.152. The summed E-state index contributed by atoms with van der Waals surface area (Å²) in [5.74, 6) is 1.79. The summed E-state index contributed by atoms with van der Waals surface area (Å²) in [5, 5.41) is 15.5. The molecule has 0 amide bonds. The number of nitrogens with zero attached hydrogens (tertiary/aromatic N) is 4. The first-order chi connectivity index (χ1) is 9.75. The summed E-state index contributed by atoms with van der Waals surface area (Å²) in [6, 6.07) is 8.65. The second-order valence-corrected chi connectivity index (χ2v) is 5.27. The maximum atomic E-state index is 5.69. The van der Waals surface area contributed by atoms with Crippen molar-refractivity contribution in [2.45, 2.75) is 38.9 Å². The highest BCUT2D eigenvalue weighted by Gasteiger charge is 2.25. The van der Waals surface area contributed by atoms with E-state index in [1.165, 1.54) is 0 Å². The van der Waals surface area contributed by atoms with Gasteiger partial charge in [-0.25, -0.2) is 4.68 Å². The molecule has 1 unspecified atom stereocenters. The third kappa shape index (κ3) is 2.51. The van der Waals surface area contributed by atoms with Crippen LogP contribution in [0, 0.1) is 0 Å². The molecule has 6 nitrogen and oxygen atoms in total. The predicted octanol–water partition coefficient (Wildman–Crippen LogP) is 1.54. The molecule has 1 aromatic carbocycles. The van der Waals surface area contributed by atoms with Crippen LogP contribution >= 0.6 is 0 Å². The number of hydrogen-bond acceptors (Lipinski definition) is 5. The Kier molecular flexibility index (Phi) is 3.64. The zero-order chi connectivity index (χ0) is 13.9. The molecule has 6 heteroatoms. The molecule has 0 bridgehead atoms. The molecule has 0 spiro atoms. The van der Waals surface area contributed by atoms with Gasteiger partial charge in [0.05, 0.1) is 19.2 Å². The Morgan fingerprint density at radius 3 is 3.10 bits per heavy atom. The van der Waals surface area contributed by atoms with Crippen LogP contribution in [-0.2, 0) is 6.54 Å². The molecule has 2 aromatic rings. The van der Waals surface area contributed by atoms with Gasteiger partial charge in [-0.3, -0.25) is 0 Å². The van der Waals surface area contributed by atoms with Crippen LogP contribution in [0.4, 0.5) is 0 Å². The Morgan fingerprint density at radius 1 is 1.40 bits per heavy atom. The van der Waals surface area contributed by atoms with Gasteiger partial charge in [0.25, 0.3) is 0 Å². The van der Waals surface area contributed by atoms with Crippen LogP contribution < -0.4 is 10.1 Å². The number of aromatic nitrogens is 4. The number of tetrazole rings is 1. The number of ether oxygens (including phenoxy) is 1. The van der Waals surface area contributed by atoms with E-state index < -0.39 is 0 Å². The average molecular weight is 273 g/mol. The van der Waals surface area contributed by atoms with Gasteiger partial charge in [-0.15, -0.1) is 5.10 Å². The van der Waals surface area contributed by atoms with Crippen molar-refractivity contribution < 1.29 is 4.74 Å². The lowest BCUT2D eigenvalue weighted by Gasteiger charge is -2.26. The predicted molar refractivity (Wildman–Crippen MR) is 74.5 cm³/mol. The average Bonchev–Trinajstić information content (AvgIpc) is 2.92. The number of fused-ring (bicyclic) bond motifs is 1. The van der Waals surface area contributed by atoms with Crippen LogP contribution in [0.15, 0.2) is 24.3 Å². The van der Waals surface area contributed by atoms with Gasteiger partial charge < -0.3 is 10.1 Å². The molecule has 1 aromatic heterocycles. The van der Waals surface area contributed by atoms with Gasteiger partial charge in [-0.05, 0) is 16.5 Å². The van der Waals surface area contributed by atoms with Crippen molar-refractivity contribution in [3.8, 4) is 5.75 Å². The topological polar surface area (TPSA) is 64.9 Å². The first-order valence-corrected chi connectivity index (χ1v) is 6.97. The van der Waals surface area contributed by atoms with Crippen molar-refractivity contribution in [1.82, 2.24) is 25.5 Å². The lowest BCUT2D eigenvalue weighted by molar-refractivity contribution is 0.246. The van der Waals surface area contributed by atoms with Crippen LogP contribution in [0.25, 0.3) is 0 Å². The van der Waals surface area contributed by atoms with Crippen molar-refractivity contribution >= 4 is 0 Å². The molecular formula is C14H19N5O. The van der Waals surface area contributed by atoms with Gasteiger partial charge in [-0.1, -0.05) is 32.0 Å². The summed E-state index contributed by atoms with van der Waals surface area (Å²) >= 11 is 0. The van der Waals surface area contributed by atoms with Gasteiger partial charge >= 0.3 is 0 Å². The number of nitrogens with one attached hydrogen (secondary N) is 1. The Labute approximate surface area is 118 Å². The molecular weight excluding hydrogens is 254 g/mol. The summed E-state index contributed by atoms with van der Waals surface area (Å²) < 4.78 is 7.61. The van der Waals surface area contributed by atoms with Gasteiger partial charge in [0.15, 0.2) is 5.82 Å². The van der Waals surface area contributed by atoms with Gasteiger partial charge in [0, 0.05) is 18.0 Å². The van der Waals surface area contributed by atoms with E-state index in [1.807, 2.05) is 22.9 Å². The summed E-state index contributed by atoms with van der Waals surface area (Å²) in [6.07, 6.45) is 0.886. The van der Waals surface area contributed by atoms with Gasteiger partial charge in [0.2, 0.25) is 0 Å². The number of rotatable bonds is 4. The van der Waals surface area contributed by atoms with E-state index in [1.54, 1.807) is 0 Å². The fraction of sp³-hybridized carbons (Fsp3) is 0.500. The Hall–Kier alpha value is -1.95. The van der Waals surface area contributed by atoms with Crippen molar-refractivity contribution in [2.24, 2.45) is 0 Å². The third-order valence-corrected chi connectivity index (χ3v) is 3.45. The fourth-order valence-electron chi connectivity index (χ4n) is 2.44. The van der Waals surface area contributed by atoms with Gasteiger partial charge in [-0.2, -0.15) is 0 Å². The SMILES string of the molecule is CC(C)NCc1nnnn1C1CCOc2ccccc21. The summed E-state index contributed by atoms with van der Waals surface area (Å²) in [7, 11) is 0. The van der Waals surface area contributed by atoms with Crippen LogP contribution in [0.1, 0.15) is 37.7 Å². The first-order valence-electron chi connectivity index (χ1n) is 6.97. The van der Waals surface area contributed by atoms with Gasteiger partial charge in [0.1, 0.15) is 5.75 Å². The van der Waals surface area contributed by atoms with Crippen LogP contribution in [0.5, 0.6) is 5.75 Å². The first kappa shape index (κ1) is 13.1. The lowest BCUT2D eigenvalue weighted by atomic mass is 10.0. The van der Waals surface area contributed by atoms with Crippen LogP contribution in [0.2, 0.25) is 0 Å². The molecule has 106 valence electrons. The van der Waals surface area contributed by atoms with Crippen molar-refractivity contribution in [3.63, 3.8) is 0 Å². The highest BCUT2D eigenvalue weighted by atomic mass is 16.5. The molecule has 0 saturated carbocycles. The molecule has 0 radical (unpaired) electrons. The van der Waals surface area contributed by atoms with Crippen molar-refractivity contribution in [3.05, 3.63) is 35.7 Å². The highest BCUT2D eigenvalue weighted by Crippen LogP contribution is 2.34. The molecule has 1 aliphatic heterocycles. The normalized spacial score (nSPS) is 17.9. The molecule has 2 heterocycles. The lowest BCUT2D eigenvalue weighted by Crippen LogP contribution is -2.27. The minimum absolute atomic E-state index is 0.152. The zero-order valence-corrected chi connectivity index (χ0v) is 11.8. The maximum absolute atomic E-state index is 5.69. The summed E-state index contributed by atoms with van der Waals surface area (Å²) in [6.45, 7) is 5.58. The fourth-order valence-corrected chi connectivity index (χ4v) is 2.44. The maximum Gasteiger partial charge on any atom is 0.165 e. The smallest absolute Gasteiger partial charge is 0.165 e. The molecule has 1 aliphatic rings. The largest absolute Gasteiger partial charge is 0.493 e. The summed E-state index contributed by atoms with van der Waals surface area (Å²) in [4.78, 5) is 0. The molecule has 0 saturated heterocycles. The Bertz CT molecular complexity index is 580. The number of hydrogen-bond donors (Lipinski definition) is 1. The van der Waals surface area contributed by atoms with Crippen molar-refractivity contribution in [2.75, 3.05) is 6.61 Å². The third-order valence-electron chi connectivity index (χ3n) is 3.45. The minimum Gasteiger partial charge on any atom is -0.493 e. The second kappa shape index (κ2) is 5.58. The van der Waals surface area contributed by atoms with Crippen LogP contribution in [-0.4, -0.2) is 32.9 Å². The molecule has 0 aliphatic carbocycles.